The van der Waals surface area contributed by atoms with Gasteiger partial charge in [0.25, 0.3) is 0 Å². The van der Waals surface area contributed by atoms with Gasteiger partial charge in [0.15, 0.2) is 0 Å². The van der Waals surface area contributed by atoms with Gasteiger partial charge < -0.3 is 10.1 Å². The summed E-state index contributed by atoms with van der Waals surface area (Å²) >= 11 is 0. The van der Waals surface area contributed by atoms with E-state index < -0.39 is 19.2 Å². The number of rotatable bonds is 1. The maximum Gasteiger partial charge on any atom is 0.112 e. The minimum absolute atomic E-state index is 0.197. The molecule has 13 heavy (non-hydrogen) atoms. The standard InChI is InChI=1S/C10H14N2O/c1-8-3-2-4-9(12-8)10-7-11-5-6-13-10/h2-4,10-11H,5-7H2,1H3/t10-/m1/s1/i5D2,6D2. The number of pyridine rings is 1. The van der Waals surface area contributed by atoms with Gasteiger partial charge in [-0.05, 0) is 19.1 Å². The Kier molecular flexibility index (Phi) is 1.50. The van der Waals surface area contributed by atoms with Crippen molar-refractivity contribution >= 4 is 0 Å². The first-order valence-electron chi connectivity index (χ1n) is 6.18. The zero-order valence-corrected chi connectivity index (χ0v) is 7.37. The van der Waals surface area contributed by atoms with Gasteiger partial charge in [-0.2, -0.15) is 0 Å². The molecular formula is C10H14N2O. The van der Waals surface area contributed by atoms with Crippen LogP contribution in [-0.2, 0) is 4.74 Å². The van der Waals surface area contributed by atoms with Gasteiger partial charge in [-0.1, -0.05) is 6.07 Å². The van der Waals surface area contributed by atoms with Crippen LogP contribution in [0, 0.1) is 6.92 Å². The average Bonchev–Trinajstić information content (AvgIpc) is 2.22. The lowest BCUT2D eigenvalue weighted by Gasteiger charge is -2.23. The molecule has 1 aromatic heterocycles. The van der Waals surface area contributed by atoms with Crippen molar-refractivity contribution in [2.45, 2.75) is 13.0 Å². The quantitative estimate of drug-likeness (QED) is 0.705. The summed E-state index contributed by atoms with van der Waals surface area (Å²) in [5, 5.41) is 2.51. The van der Waals surface area contributed by atoms with E-state index in [9.17, 15) is 0 Å². The third kappa shape index (κ3) is 2.05. The highest BCUT2D eigenvalue weighted by Crippen LogP contribution is 2.16. The number of aryl methyl sites for hydroxylation is 1. The Labute approximate surface area is 83.8 Å². The number of aromatic nitrogens is 1. The fourth-order valence-electron chi connectivity index (χ4n) is 1.23. The Bertz CT molecular complexity index is 425. The fraction of sp³-hybridized carbons (Fsp3) is 0.500. The van der Waals surface area contributed by atoms with Crippen molar-refractivity contribution in [3.63, 3.8) is 0 Å². The summed E-state index contributed by atoms with van der Waals surface area (Å²) in [5.41, 5.74) is 1.43. The van der Waals surface area contributed by atoms with E-state index in [0.29, 0.717) is 5.69 Å². The molecule has 0 radical (unpaired) electrons. The van der Waals surface area contributed by atoms with Gasteiger partial charge in [0.1, 0.15) is 6.10 Å². The van der Waals surface area contributed by atoms with Crippen molar-refractivity contribution in [1.82, 2.24) is 10.3 Å². The van der Waals surface area contributed by atoms with Gasteiger partial charge >= 0.3 is 0 Å². The lowest BCUT2D eigenvalue weighted by atomic mass is 10.2. The molecule has 1 aliphatic rings. The van der Waals surface area contributed by atoms with Crippen molar-refractivity contribution < 1.29 is 10.2 Å². The van der Waals surface area contributed by atoms with Crippen LogP contribution in [0.2, 0.25) is 0 Å². The SMILES string of the molecule is [2H]C1([2H])NC[C@H](c2cccc(C)n2)OC1([2H])[2H]. The molecule has 1 fully saturated rings. The molecule has 1 aromatic rings. The second-order valence-corrected chi connectivity index (χ2v) is 2.92. The van der Waals surface area contributed by atoms with Crippen LogP contribution in [0.1, 0.15) is 23.0 Å². The van der Waals surface area contributed by atoms with Gasteiger partial charge in [-0.15, -0.1) is 0 Å². The summed E-state index contributed by atoms with van der Waals surface area (Å²) in [6, 6.07) is 5.41. The summed E-state index contributed by atoms with van der Waals surface area (Å²) in [7, 11) is 0. The van der Waals surface area contributed by atoms with Crippen molar-refractivity contribution in [2.75, 3.05) is 19.6 Å². The predicted molar refractivity (Wildman–Crippen MR) is 50.5 cm³/mol. The summed E-state index contributed by atoms with van der Waals surface area (Å²) in [6.07, 6.45) is -0.575. The number of hydrogen-bond acceptors (Lipinski definition) is 3. The second-order valence-electron chi connectivity index (χ2n) is 2.92. The van der Waals surface area contributed by atoms with E-state index in [1.54, 1.807) is 6.07 Å². The lowest BCUT2D eigenvalue weighted by molar-refractivity contribution is 0.0249. The second kappa shape index (κ2) is 3.85. The van der Waals surface area contributed by atoms with E-state index in [-0.39, 0.29) is 6.54 Å². The number of ether oxygens (including phenoxy) is 1. The Morgan fingerprint density at radius 1 is 1.69 bits per heavy atom. The molecule has 1 aliphatic heterocycles. The molecule has 0 saturated carbocycles. The van der Waals surface area contributed by atoms with E-state index in [4.69, 9.17) is 10.2 Å². The summed E-state index contributed by atoms with van der Waals surface area (Å²) in [4.78, 5) is 4.26. The molecule has 1 saturated heterocycles. The molecule has 0 amide bonds. The highest BCUT2D eigenvalue weighted by atomic mass is 16.5. The molecule has 2 rings (SSSR count). The van der Waals surface area contributed by atoms with Crippen LogP contribution in [0.5, 0.6) is 0 Å². The molecule has 0 aromatic carbocycles. The number of hydrogen-bond donors (Lipinski definition) is 1. The largest absolute Gasteiger partial charge is 0.369 e. The Hall–Kier alpha value is -0.930. The zero-order chi connectivity index (χ0) is 12.7. The van der Waals surface area contributed by atoms with E-state index in [2.05, 4.69) is 10.3 Å². The highest BCUT2D eigenvalue weighted by Gasteiger charge is 2.16. The molecule has 0 spiro atoms. The summed E-state index contributed by atoms with van der Waals surface area (Å²) in [6.45, 7) is -2.52. The van der Waals surface area contributed by atoms with Crippen molar-refractivity contribution in [3.05, 3.63) is 29.6 Å². The Balaban J connectivity index is 2.21. The van der Waals surface area contributed by atoms with Gasteiger partial charge in [0.2, 0.25) is 0 Å². The third-order valence-corrected chi connectivity index (χ3v) is 1.87. The van der Waals surface area contributed by atoms with Gasteiger partial charge in [-0.25, -0.2) is 0 Å². The molecule has 0 unspecified atom stereocenters. The monoisotopic (exact) mass is 182 g/mol. The summed E-state index contributed by atoms with van der Waals surface area (Å²) in [5.74, 6) is 0. The Morgan fingerprint density at radius 2 is 2.62 bits per heavy atom. The van der Waals surface area contributed by atoms with E-state index in [1.807, 2.05) is 19.1 Å². The van der Waals surface area contributed by atoms with Gasteiger partial charge in [-0.3, -0.25) is 4.98 Å². The fourth-order valence-corrected chi connectivity index (χ4v) is 1.23. The third-order valence-electron chi connectivity index (χ3n) is 1.87. The first-order valence-corrected chi connectivity index (χ1v) is 4.18. The van der Waals surface area contributed by atoms with Crippen LogP contribution in [0.25, 0.3) is 0 Å². The number of nitrogens with one attached hydrogen (secondary N) is 1. The maximum atomic E-state index is 7.54. The van der Waals surface area contributed by atoms with Crippen molar-refractivity contribution in [2.24, 2.45) is 0 Å². The topological polar surface area (TPSA) is 34.2 Å². The number of nitrogens with zero attached hydrogens (tertiary/aromatic N) is 1. The minimum atomic E-state index is -2.37. The van der Waals surface area contributed by atoms with Crippen LogP contribution in [-0.4, -0.2) is 24.6 Å². The van der Waals surface area contributed by atoms with Crippen LogP contribution in [0.4, 0.5) is 0 Å². The maximum absolute atomic E-state index is 7.54. The molecule has 0 aliphatic carbocycles. The zero-order valence-electron chi connectivity index (χ0n) is 11.4. The van der Waals surface area contributed by atoms with Gasteiger partial charge in [0.05, 0.1) is 15.0 Å². The van der Waals surface area contributed by atoms with Crippen LogP contribution in [0.3, 0.4) is 0 Å². The molecule has 70 valence electrons. The Morgan fingerprint density at radius 3 is 3.38 bits per heavy atom. The molecule has 0 bridgehead atoms. The molecular weight excluding hydrogens is 164 g/mol. The normalized spacial score (nSPS) is 35.3. The minimum Gasteiger partial charge on any atom is -0.369 e. The van der Waals surface area contributed by atoms with Gasteiger partial charge in [0, 0.05) is 21.5 Å². The smallest absolute Gasteiger partial charge is 0.112 e. The van der Waals surface area contributed by atoms with Crippen molar-refractivity contribution in [1.29, 1.82) is 0 Å². The molecule has 1 N–H and O–H groups in total. The predicted octanol–water partition coefficient (Wildman–Crippen LogP) is 1.05. The van der Waals surface area contributed by atoms with E-state index in [1.165, 1.54) is 0 Å². The highest BCUT2D eigenvalue weighted by molar-refractivity contribution is 5.12. The van der Waals surface area contributed by atoms with E-state index in [0.717, 1.165) is 5.69 Å². The van der Waals surface area contributed by atoms with Crippen LogP contribution in [0.15, 0.2) is 18.2 Å². The number of morpholine rings is 1. The molecule has 3 heteroatoms. The van der Waals surface area contributed by atoms with Crippen LogP contribution >= 0.6 is 0 Å². The van der Waals surface area contributed by atoms with Crippen molar-refractivity contribution in [3.8, 4) is 0 Å². The first kappa shape index (κ1) is 5.08. The van der Waals surface area contributed by atoms with E-state index >= 15 is 0 Å². The first-order chi connectivity index (χ1) is 7.82. The molecule has 1 atom stereocenters. The lowest BCUT2D eigenvalue weighted by Crippen LogP contribution is -2.33. The summed E-state index contributed by atoms with van der Waals surface area (Å²) < 4.78 is 35.2. The van der Waals surface area contributed by atoms with Crippen LogP contribution < -0.4 is 5.32 Å². The molecule has 3 nitrogen and oxygen atoms in total. The molecule has 2 heterocycles. The average molecular weight is 182 g/mol.